The van der Waals surface area contributed by atoms with Crippen LogP contribution in [0.1, 0.15) is 30.7 Å². The van der Waals surface area contributed by atoms with Crippen molar-refractivity contribution in [3.63, 3.8) is 0 Å². The smallest absolute Gasteiger partial charge is 0.0597 e. The van der Waals surface area contributed by atoms with Crippen molar-refractivity contribution in [1.29, 1.82) is 0 Å². The molecule has 2 unspecified atom stereocenters. The van der Waals surface area contributed by atoms with Gasteiger partial charge in [-0.15, -0.1) is 0 Å². The highest BCUT2D eigenvalue weighted by Gasteiger charge is 2.23. The summed E-state index contributed by atoms with van der Waals surface area (Å²) >= 11 is 0. The second-order valence-corrected chi connectivity index (χ2v) is 4.65. The number of nitrogens with one attached hydrogen (secondary N) is 1. The number of rotatable bonds is 4. The minimum atomic E-state index is 0.450. The van der Waals surface area contributed by atoms with Gasteiger partial charge in [0.25, 0.3) is 0 Å². The van der Waals surface area contributed by atoms with Gasteiger partial charge in [-0.2, -0.15) is 5.10 Å². The summed E-state index contributed by atoms with van der Waals surface area (Å²) < 4.78 is 7.31. The number of ether oxygens (including phenoxy) is 1. The molecule has 0 amide bonds. The van der Waals surface area contributed by atoms with Crippen LogP contribution < -0.4 is 5.32 Å². The number of methoxy groups -OCH3 is 1. The Bertz CT molecular complexity index is 348. The number of aromatic nitrogens is 2. The van der Waals surface area contributed by atoms with Gasteiger partial charge in [0.05, 0.1) is 17.5 Å². The predicted molar refractivity (Wildman–Crippen MR) is 63.2 cm³/mol. The highest BCUT2D eigenvalue weighted by Crippen LogP contribution is 2.21. The maximum absolute atomic E-state index is 5.36. The van der Waals surface area contributed by atoms with E-state index in [1.54, 1.807) is 7.11 Å². The van der Waals surface area contributed by atoms with E-state index >= 15 is 0 Å². The molecule has 1 aliphatic rings. The van der Waals surface area contributed by atoms with Crippen LogP contribution in [0.25, 0.3) is 0 Å². The summed E-state index contributed by atoms with van der Waals surface area (Å²) in [6.07, 6.45) is 3.98. The van der Waals surface area contributed by atoms with Crippen LogP contribution in [0.4, 0.5) is 0 Å². The molecule has 0 radical (unpaired) electrons. The van der Waals surface area contributed by atoms with E-state index in [1.165, 1.54) is 18.5 Å². The molecule has 2 rings (SSSR count). The lowest BCUT2D eigenvalue weighted by Crippen LogP contribution is -2.27. The SMILES string of the molecule is COC1CCC(NCc2cc(C)nn2C)C1. The van der Waals surface area contributed by atoms with E-state index < -0.39 is 0 Å². The standard InChI is InChI=1S/C12H21N3O/c1-9-6-11(15(2)14-9)8-13-10-4-5-12(7-10)16-3/h6,10,12-13H,4-5,7-8H2,1-3H3. The Kier molecular flexibility index (Phi) is 3.61. The van der Waals surface area contributed by atoms with E-state index in [9.17, 15) is 0 Å². The van der Waals surface area contributed by atoms with Crippen molar-refractivity contribution in [2.24, 2.45) is 7.05 Å². The third-order valence-electron chi connectivity index (χ3n) is 3.39. The summed E-state index contributed by atoms with van der Waals surface area (Å²) in [6, 6.07) is 2.73. The number of aryl methyl sites for hydroxylation is 2. The summed E-state index contributed by atoms with van der Waals surface area (Å²) in [5.74, 6) is 0. The molecule has 0 bridgehead atoms. The van der Waals surface area contributed by atoms with Crippen molar-refractivity contribution < 1.29 is 4.74 Å². The molecular formula is C12H21N3O. The Labute approximate surface area is 97.0 Å². The molecule has 1 heterocycles. The maximum Gasteiger partial charge on any atom is 0.0597 e. The van der Waals surface area contributed by atoms with Gasteiger partial charge in [0.15, 0.2) is 0 Å². The molecule has 2 atom stereocenters. The monoisotopic (exact) mass is 223 g/mol. The van der Waals surface area contributed by atoms with Gasteiger partial charge in [-0.1, -0.05) is 0 Å². The molecule has 0 spiro atoms. The fourth-order valence-corrected chi connectivity index (χ4v) is 2.42. The van der Waals surface area contributed by atoms with Gasteiger partial charge in [-0.05, 0) is 32.3 Å². The van der Waals surface area contributed by atoms with Crippen molar-refractivity contribution in [2.45, 2.75) is 44.9 Å². The molecule has 0 aliphatic heterocycles. The zero-order valence-corrected chi connectivity index (χ0v) is 10.4. The van der Waals surface area contributed by atoms with Crippen molar-refractivity contribution in [3.8, 4) is 0 Å². The van der Waals surface area contributed by atoms with Gasteiger partial charge in [-0.25, -0.2) is 0 Å². The average molecular weight is 223 g/mol. The second-order valence-electron chi connectivity index (χ2n) is 4.65. The van der Waals surface area contributed by atoms with Gasteiger partial charge in [0.2, 0.25) is 0 Å². The topological polar surface area (TPSA) is 39.1 Å². The minimum absolute atomic E-state index is 0.450. The maximum atomic E-state index is 5.36. The second kappa shape index (κ2) is 4.97. The van der Waals surface area contributed by atoms with Crippen LogP contribution in [-0.2, 0) is 18.3 Å². The first-order valence-corrected chi connectivity index (χ1v) is 5.94. The third kappa shape index (κ3) is 2.62. The van der Waals surface area contributed by atoms with Crippen LogP contribution in [0.3, 0.4) is 0 Å². The largest absolute Gasteiger partial charge is 0.381 e. The summed E-state index contributed by atoms with van der Waals surface area (Å²) in [6.45, 7) is 2.93. The van der Waals surface area contributed by atoms with Gasteiger partial charge < -0.3 is 10.1 Å². The summed E-state index contributed by atoms with van der Waals surface area (Å²) in [5.41, 5.74) is 2.33. The van der Waals surface area contributed by atoms with E-state index in [0.717, 1.165) is 18.7 Å². The van der Waals surface area contributed by atoms with Gasteiger partial charge in [0, 0.05) is 26.7 Å². The van der Waals surface area contributed by atoms with E-state index in [-0.39, 0.29) is 0 Å². The quantitative estimate of drug-likeness (QED) is 0.838. The Morgan fingerprint density at radius 2 is 2.38 bits per heavy atom. The Morgan fingerprint density at radius 3 is 2.94 bits per heavy atom. The van der Waals surface area contributed by atoms with Crippen molar-refractivity contribution in [3.05, 3.63) is 17.5 Å². The zero-order valence-electron chi connectivity index (χ0n) is 10.4. The molecule has 4 nitrogen and oxygen atoms in total. The Hall–Kier alpha value is -0.870. The van der Waals surface area contributed by atoms with Crippen LogP contribution in [0.2, 0.25) is 0 Å². The van der Waals surface area contributed by atoms with Crippen LogP contribution in [0.5, 0.6) is 0 Å². The molecule has 0 saturated heterocycles. The molecule has 1 aromatic heterocycles. The highest BCUT2D eigenvalue weighted by molar-refractivity contribution is 5.08. The lowest BCUT2D eigenvalue weighted by Gasteiger charge is -2.12. The summed E-state index contributed by atoms with van der Waals surface area (Å²) in [5, 5.41) is 7.91. The van der Waals surface area contributed by atoms with Gasteiger partial charge in [0.1, 0.15) is 0 Å². The molecule has 4 heteroatoms. The summed E-state index contributed by atoms with van der Waals surface area (Å²) in [7, 11) is 3.80. The van der Waals surface area contributed by atoms with E-state index in [0.29, 0.717) is 12.1 Å². The predicted octanol–water partition coefficient (Wildman–Crippen LogP) is 1.39. The number of hydrogen-bond acceptors (Lipinski definition) is 3. The molecule has 1 aromatic rings. The number of nitrogens with zero attached hydrogens (tertiary/aromatic N) is 2. The highest BCUT2D eigenvalue weighted by atomic mass is 16.5. The molecule has 16 heavy (non-hydrogen) atoms. The normalized spacial score (nSPS) is 25.2. The van der Waals surface area contributed by atoms with Crippen molar-refractivity contribution >= 4 is 0 Å². The molecular weight excluding hydrogens is 202 g/mol. The fraction of sp³-hybridized carbons (Fsp3) is 0.750. The molecule has 90 valence electrons. The zero-order chi connectivity index (χ0) is 11.5. The third-order valence-corrected chi connectivity index (χ3v) is 3.39. The fourth-order valence-electron chi connectivity index (χ4n) is 2.42. The number of hydrogen-bond donors (Lipinski definition) is 1. The molecule has 1 fully saturated rings. The van der Waals surface area contributed by atoms with Crippen molar-refractivity contribution in [2.75, 3.05) is 7.11 Å². The van der Waals surface area contributed by atoms with Crippen LogP contribution in [-0.4, -0.2) is 29.0 Å². The summed E-state index contributed by atoms with van der Waals surface area (Å²) in [4.78, 5) is 0. The Morgan fingerprint density at radius 1 is 1.56 bits per heavy atom. The lowest BCUT2D eigenvalue weighted by molar-refractivity contribution is 0.107. The van der Waals surface area contributed by atoms with Gasteiger partial charge >= 0.3 is 0 Å². The minimum Gasteiger partial charge on any atom is -0.381 e. The molecule has 1 saturated carbocycles. The Balaban J connectivity index is 1.82. The molecule has 1 aliphatic carbocycles. The van der Waals surface area contributed by atoms with Crippen LogP contribution in [0, 0.1) is 6.92 Å². The molecule has 0 aromatic carbocycles. The average Bonchev–Trinajstić information content (AvgIpc) is 2.82. The van der Waals surface area contributed by atoms with E-state index in [4.69, 9.17) is 4.74 Å². The van der Waals surface area contributed by atoms with E-state index in [2.05, 4.69) is 16.5 Å². The molecule has 1 N–H and O–H groups in total. The first kappa shape index (κ1) is 11.6. The van der Waals surface area contributed by atoms with Crippen LogP contribution in [0.15, 0.2) is 6.07 Å². The lowest BCUT2D eigenvalue weighted by atomic mass is 10.2. The first-order chi connectivity index (χ1) is 7.69. The van der Waals surface area contributed by atoms with Gasteiger partial charge in [-0.3, -0.25) is 4.68 Å². The van der Waals surface area contributed by atoms with E-state index in [1.807, 2.05) is 18.7 Å². The first-order valence-electron chi connectivity index (χ1n) is 5.94. The van der Waals surface area contributed by atoms with Crippen LogP contribution >= 0.6 is 0 Å². The van der Waals surface area contributed by atoms with Crippen molar-refractivity contribution in [1.82, 2.24) is 15.1 Å².